The molecule has 0 rings (SSSR count). The molecule has 1 N–H and O–H groups in total. The van der Waals surface area contributed by atoms with Crippen LogP contribution in [0, 0.1) is 5.92 Å². The van der Waals surface area contributed by atoms with Gasteiger partial charge in [-0.25, -0.2) is 4.39 Å². The van der Waals surface area contributed by atoms with Crippen molar-refractivity contribution in [3.63, 3.8) is 0 Å². The largest absolute Gasteiger partial charge is 0.396 e. The van der Waals surface area contributed by atoms with Crippen LogP contribution in [0.25, 0.3) is 0 Å². The summed E-state index contributed by atoms with van der Waals surface area (Å²) in [5.74, 6) is 0.0397. The minimum atomic E-state index is 0.0137. The van der Waals surface area contributed by atoms with Gasteiger partial charge in [-0.05, 0) is 19.3 Å². The van der Waals surface area contributed by atoms with E-state index in [1.807, 2.05) is 13.8 Å². The van der Waals surface area contributed by atoms with Crippen LogP contribution in [-0.4, -0.2) is 11.7 Å². The van der Waals surface area contributed by atoms with E-state index in [-0.39, 0.29) is 18.4 Å². The molecule has 13 heavy (non-hydrogen) atoms. The van der Waals surface area contributed by atoms with Gasteiger partial charge in [-0.3, -0.25) is 0 Å². The quantitative estimate of drug-likeness (QED) is 0.607. The molecule has 0 radical (unpaired) electrons. The lowest BCUT2D eigenvalue weighted by molar-refractivity contribution is 0.278. The van der Waals surface area contributed by atoms with Gasteiger partial charge in [-0.2, -0.15) is 0 Å². The molecule has 0 aromatic rings. The van der Waals surface area contributed by atoms with E-state index in [1.54, 1.807) is 6.08 Å². The molecule has 1 nitrogen and oxygen atoms in total. The molecular formula is C11H21FO. The maximum atomic E-state index is 13.2. The molecule has 0 aliphatic rings. The Bertz CT molecular complexity index is 143. The Hall–Kier alpha value is -0.370. The zero-order chi connectivity index (χ0) is 10.1. The number of hydrogen-bond acceptors (Lipinski definition) is 1. The Morgan fingerprint density at radius 2 is 2.15 bits per heavy atom. The lowest BCUT2D eigenvalue weighted by atomic mass is 10.0. The molecule has 78 valence electrons. The second kappa shape index (κ2) is 8.24. The monoisotopic (exact) mass is 188 g/mol. The predicted molar refractivity (Wildman–Crippen MR) is 54.2 cm³/mol. The lowest BCUT2D eigenvalue weighted by Crippen LogP contribution is -1.96. The van der Waals surface area contributed by atoms with Gasteiger partial charge in [-0.1, -0.05) is 32.8 Å². The van der Waals surface area contributed by atoms with Crippen molar-refractivity contribution >= 4 is 0 Å². The number of allylic oxidation sites excluding steroid dienone is 2. The molecule has 1 unspecified atom stereocenters. The molecule has 0 bridgehead atoms. The summed E-state index contributed by atoms with van der Waals surface area (Å²) in [4.78, 5) is 0. The molecule has 0 aromatic heterocycles. The summed E-state index contributed by atoms with van der Waals surface area (Å²) >= 11 is 0. The van der Waals surface area contributed by atoms with Gasteiger partial charge in [-0.15, -0.1) is 0 Å². The minimum absolute atomic E-state index is 0.0137. The molecule has 2 heteroatoms. The van der Waals surface area contributed by atoms with Gasteiger partial charge >= 0.3 is 0 Å². The second-order valence-electron chi connectivity index (χ2n) is 3.50. The lowest BCUT2D eigenvalue weighted by Gasteiger charge is -2.07. The van der Waals surface area contributed by atoms with Crippen LogP contribution in [0.3, 0.4) is 0 Å². The van der Waals surface area contributed by atoms with Crippen molar-refractivity contribution in [3.8, 4) is 0 Å². The van der Waals surface area contributed by atoms with E-state index in [9.17, 15) is 4.39 Å². The molecule has 0 fully saturated rings. The number of rotatable bonds is 7. The van der Waals surface area contributed by atoms with Gasteiger partial charge in [0.2, 0.25) is 0 Å². The van der Waals surface area contributed by atoms with Crippen molar-refractivity contribution in [1.82, 2.24) is 0 Å². The van der Waals surface area contributed by atoms with Crippen LogP contribution in [0.2, 0.25) is 0 Å². The Labute approximate surface area is 80.7 Å². The normalized spacial score (nSPS) is 14.6. The highest BCUT2D eigenvalue weighted by atomic mass is 19.1. The average Bonchev–Trinajstić information content (AvgIpc) is 2.14. The maximum absolute atomic E-state index is 13.2. The molecular weight excluding hydrogens is 167 g/mol. The first-order valence-corrected chi connectivity index (χ1v) is 5.18. The van der Waals surface area contributed by atoms with Gasteiger partial charge in [0, 0.05) is 12.5 Å². The van der Waals surface area contributed by atoms with Crippen LogP contribution in [0.15, 0.2) is 11.9 Å². The van der Waals surface area contributed by atoms with Crippen molar-refractivity contribution in [2.24, 2.45) is 5.92 Å². The summed E-state index contributed by atoms with van der Waals surface area (Å²) in [6, 6.07) is 0. The van der Waals surface area contributed by atoms with E-state index in [0.29, 0.717) is 0 Å². The van der Waals surface area contributed by atoms with Crippen molar-refractivity contribution in [2.75, 3.05) is 6.61 Å². The van der Waals surface area contributed by atoms with Crippen molar-refractivity contribution < 1.29 is 9.50 Å². The molecule has 0 aliphatic heterocycles. The first kappa shape index (κ1) is 12.6. The summed E-state index contributed by atoms with van der Waals surface area (Å²) in [7, 11) is 0. The fraction of sp³-hybridized carbons (Fsp3) is 0.818. The van der Waals surface area contributed by atoms with E-state index in [4.69, 9.17) is 5.11 Å². The highest BCUT2D eigenvalue weighted by Gasteiger charge is 2.06. The summed E-state index contributed by atoms with van der Waals surface area (Å²) in [5.41, 5.74) is 0. The zero-order valence-electron chi connectivity index (χ0n) is 8.72. The SMILES string of the molecule is CCC/C=C(/F)C(C)CCCCO. The molecule has 0 spiro atoms. The average molecular weight is 188 g/mol. The molecule has 0 aromatic carbocycles. The molecule has 0 amide bonds. The molecule has 1 atom stereocenters. The smallest absolute Gasteiger partial charge is 0.0987 e. The number of unbranched alkanes of at least 4 members (excludes halogenated alkanes) is 2. The predicted octanol–water partition coefficient (Wildman–Crippen LogP) is 3.44. The Morgan fingerprint density at radius 3 is 2.69 bits per heavy atom. The minimum Gasteiger partial charge on any atom is -0.396 e. The topological polar surface area (TPSA) is 20.2 Å². The van der Waals surface area contributed by atoms with E-state index in [2.05, 4.69) is 0 Å². The van der Waals surface area contributed by atoms with Crippen LogP contribution in [0.5, 0.6) is 0 Å². The number of halogens is 1. The van der Waals surface area contributed by atoms with Crippen molar-refractivity contribution in [1.29, 1.82) is 0 Å². The second-order valence-corrected chi connectivity index (χ2v) is 3.50. The van der Waals surface area contributed by atoms with Gasteiger partial charge < -0.3 is 5.11 Å². The van der Waals surface area contributed by atoms with E-state index >= 15 is 0 Å². The Balaban J connectivity index is 3.61. The number of hydrogen-bond donors (Lipinski definition) is 1. The first-order chi connectivity index (χ1) is 6.22. The summed E-state index contributed by atoms with van der Waals surface area (Å²) in [6.07, 6.45) is 6.04. The Kier molecular flexibility index (Phi) is 8.00. The van der Waals surface area contributed by atoms with Crippen LogP contribution in [-0.2, 0) is 0 Å². The first-order valence-electron chi connectivity index (χ1n) is 5.18. The van der Waals surface area contributed by atoms with E-state index in [1.165, 1.54) is 0 Å². The van der Waals surface area contributed by atoms with Crippen LogP contribution in [0.4, 0.5) is 4.39 Å². The van der Waals surface area contributed by atoms with Gasteiger partial charge in [0.1, 0.15) is 0 Å². The number of aliphatic hydroxyl groups is 1. The zero-order valence-corrected chi connectivity index (χ0v) is 8.72. The molecule has 0 saturated carbocycles. The third-order valence-corrected chi connectivity index (χ3v) is 2.14. The van der Waals surface area contributed by atoms with Crippen LogP contribution in [0.1, 0.15) is 46.0 Å². The summed E-state index contributed by atoms with van der Waals surface area (Å²) < 4.78 is 13.2. The highest BCUT2D eigenvalue weighted by Crippen LogP contribution is 2.19. The standard InChI is InChI=1S/C11H21FO/c1-3-4-8-11(12)10(2)7-5-6-9-13/h8,10,13H,3-7,9H2,1-2H3/b11-8+. The fourth-order valence-corrected chi connectivity index (χ4v) is 1.18. The molecule has 0 saturated heterocycles. The summed E-state index contributed by atoms with van der Waals surface area (Å²) in [5, 5.41) is 8.55. The van der Waals surface area contributed by atoms with Crippen molar-refractivity contribution in [2.45, 2.75) is 46.0 Å². The third-order valence-electron chi connectivity index (χ3n) is 2.14. The van der Waals surface area contributed by atoms with E-state index in [0.717, 1.165) is 32.1 Å². The van der Waals surface area contributed by atoms with Crippen molar-refractivity contribution in [3.05, 3.63) is 11.9 Å². The highest BCUT2D eigenvalue weighted by molar-refractivity contribution is 4.95. The molecule has 0 aliphatic carbocycles. The van der Waals surface area contributed by atoms with Gasteiger partial charge in [0.05, 0.1) is 5.83 Å². The summed E-state index contributed by atoms with van der Waals surface area (Å²) in [6.45, 7) is 4.16. The third kappa shape index (κ3) is 6.76. The van der Waals surface area contributed by atoms with Gasteiger partial charge in [0.25, 0.3) is 0 Å². The molecule has 0 heterocycles. The van der Waals surface area contributed by atoms with E-state index < -0.39 is 0 Å². The van der Waals surface area contributed by atoms with Crippen LogP contribution >= 0.6 is 0 Å². The number of aliphatic hydroxyl groups excluding tert-OH is 1. The fourth-order valence-electron chi connectivity index (χ4n) is 1.18. The van der Waals surface area contributed by atoms with Crippen LogP contribution < -0.4 is 0 Å². The Morgan fingerprint density at radius 1 is 1.46 bits per heavy atom. The maximum Gasteiger partial charge on any atom is 0.0987 e. The van der Waals surface area contributed by atoms with Gasteiger partial charge in [0.15, 0.2) is 0 Å².